The van der Waals surface area contributed by atoms with Crippen LogP contribution in [0.2, 0.25) is 0 Å². The van der Waals surface area contributed by atoms with E-state index in [4.69, 9.17) is 19.3 Å². The average Bonchev–Trinajstić information content (AvgIpc) is 2.34. The maximum Gasteiger partial charge on any atom is 0.389 e. The highest BCUT2D eigenvalue weighted by molar-refractivity contribution is 8.55. The molecule has 0 aromatic rings. The molecule has 0 fully saturated rings. The molecule has 6 nitrogen and oxygen atoms in total. The molecule has 0 aliphatic rings. The largest absolute Gasteiger partial charge is 0.482 e. The normalized spacial score (nSPS) is 11.1. The van der Waals surface area contributed by atoms with Gasteiger partial charge in [-0.25, -0.2) is 4.57 Å². The van der Waals surface area contributed by atoms with Crippen LogP contribution in [-0.2, 0) is 13.6 Å². The van der Waals surface area contributed by atoms with Gasteiger partial charge in [-0.3, -0.25) is 0 Å². The van der Waals surface area contributed by atoms with Gasteiger partial charge in [0.1, 0.15) is 0 Å². The highest BCUT2D eigenvalue weighted by Crippen LogP contribution is 2.60. The summed E-state index contributed by atoms with van der Waals surface area (Å²) in [5.74, 6) is -0.0566. The molecular formula is C12H28NO5PS. The maximum absolute atomic E-state index is 12.1. The molecule has 8 heteroatoms. The van der Waals surface area contributed by atoms with Crippen LogP contribution in [0, 0.1) is 0 Å². The zero-order valence-corrected chi connectivity index (χ0v) is 14.6. The molecule has 0 aliphatic heterocycles. The standard InChI is InChI=1S/C10H24NO3PS.C2H4O2/c1-5-11(6-2)9-10-16-15(12,13-7-3)14-8-4;1-2(3)4/h5-10H2,1-4H3;3-4H,1H2. The van der Waals surface area contributed by atoms with E-state index in [1.165, 1.54) is 11.4 Å². The first kappa shape index (κ1) is 22.1. The molecule has 20 heavy (non-hydrogen) atoms. The van der Waals surface area contributed by atoms with E-state index in [9.17, 15) is 4.57 Å². The minimum absolute atomic E-state index is 0.426. The summed E-state index contributed by atoms with van der Waals surface area (Å²) in [6, 6.07) is 0. The summed E-state index contributed by atoms with van der Waals surface area (Å²) in [5.41, 5.74) is 0. The fraction of sp³-hybridized carbons (Fsp3) is 0.833. The van der Waals surface area contributed by atoms with Crippen molar-refractivity contribution in [3.8, 4) is 0 Å². The monoisotopic (exact) mass is 329 g/mol. The Morgan fingerprint density at radius 2 is 1.55 bits per heavy atom. The van der Waals surface area contributed by atoms with Crippen molar-refractivity contribution in [1.29, 1.82) is 0 Å². The molecule has 0 rings (SSSR count). The Hall–Kier alpha value is -0.200. The van der Waals surface area contributed by atoms with Crippen molar-refractivity contribution in [2.45, 2.75) is 27.7 Å². The van der Waals surface area contributed by atoms with Crippen LogP contribution < -0.4 is 0 Å². The second-order valence-electron chi connectivity index (χ2n) is 3.56. The number of hydrogen-bond donors (Lipinski definition) is 2. The van der Waals surface area contributed by atoms with Gasteiger partial charge in [0.05, 0.1) is 13.2 Å². The van der Waals surface area contributed by atoms with Crippen molar-refractivity contribution in [3.05, 3.63) is 12.5 Å². The van der Waals surface area contributed by atoms with Gasteiger partial charge >= 0.3 is 6.80 Å². The van der Waals surface area contributed by atoms with Gasteiger partial charge in [0.15, 0.2) is 0 Å². The molecule has 0 spiro atoms. The molecule has 2 N–H and O–H groups in total. The van der Waals surface area contributed by atoms with Crippen LogP contribution in [0.15, 0.2) is 12.5 Å². The van der Waals surface area contributed by atoms with Crippen molar-refractivity contribution in [2.24, 2.45) is 0 Å². The molecule has 0 aromatic carbocycles. The van der Waals surface area contributed by atoms with Gasteiger partial charge in [-0.15, -0.1) is 0 Å². The summed E-state index contributed by atoms with van der Waals surface area (Å²) in [4.78, 5) is 2.29. The Morgan fingerprint density at radius 1 is 1.15 bits per heavy atom. The molecule has 0 bridgehead atoms. The number of aliphatic hydroxyl groups is 2. The van der Waals surface area contributed by atoms with Gasteiger partial charge in [0, 0.05) is 12.3 Å². The van der Waals surface area contributed by atoms with Gasteiger partial charge < -0.3 is 24.2 Å². The van der Waals surface area contributed by atoms with Crippen LogP contribution in [0.1, 0.15) is 27.7 Å². The summed E-state index contributed by atoms with van der Waals surface area (Å²) in [6.45, 7) is 11.5. The first-order valence-corrected chi connectivity index (χ1v) is 9.81. The Bertz CT molecular complexity index is 273. The Kier molecular flexibility index (Phi) is 15.2. The summed E-state index contributed by atoms with van der Waals surface area (Å²) in [6.07, 6.45) is 0. The van der Waals surface area contributed by atoms with Crippen LogP contribution in [0.5, 0.6) is 0 Å². The number of nitrogens with zero attached hydrogens (tertiary/aromatic N) is 1. The SMILES string of the molecule is C=C(O)O.CCOP(=O)(OCC)SCCN(CC)CC. The van der Waals surface area contributed by atoms with Gasteiger partial charge in [-0.2, -0.15) is 0 Å². The molecule has 0 aliphatic carbocycles. The predicted molar refractivity (Wildman–Crippen MR) is 85.5 cm³/mol. The Morgan fingerprint density at radius 3 is 1.85 bits per heavy atom. The average molecular weight is 329 g/mol. The van der Waals surface area contributed by atoms with Crippen molar-refractivity contribution < 1.29 is 23.8 Å². The van der Waals surface area contributed by atoms with Crippen molar-refractivity contribution >= 4 is 18.2 Å². The highest BCUT2D eigenvalue weighted by atomic mass is 32.7. The number of aliphatic hydroxyl groups excluding tert-OH is 1. The maximum atomic E-state index is 12.1. The molecule has 0 amide bonds. The first-order valence-electron chi connectivity index (χ1n) is 6.67. The second-order valence-corrected chi connectivity index (χ2v) is 7.75. The Labute approximate surface area is 126 Å². The molecule has 0 saturated heterocycles. The van der Waals surface area contributed by atoms with Gasteiger partial charge in [-0.1, -0.05) is 13.8 Å². The van der Waals surface area contributed by atoms with E-state index >= 15 is 0 Å². The lowest BCUT2D eigenvalue weighted by atomic mass is 10.5. The summed E-state index contributed by atoms with van der Waals surface area (Å²) >= 11 is 1.30. The molecule has 0 unspecified atom stereocenters. The fourth-order valence-electron chi connectivity index (χ4n) is 1.25. The van der Waals surface area contributed by atoms with Gasteiger partial charge in [0.25, 0.3) is 5.95 Å². The predicted octanol–water partition coefficient (Wildman–Crippen LogP) is 3.82. The lowest BCUT2D eigenvalue weighted by Crippen LogP contribution is -2.25. The van der Waals surface area contributed by atoms with E-state index in [0.29, 0.717) is 13.2 Å². The lowest BCUT2D eigenvalue weighted by molar-refractivity contribution is 0.194. The minimum Gasteiger partial charge on any atom is -0.482 e. The quantitative estimate of drug-likeness (QED) is 0.466. The van der Waals surface area contributed by atoms with E-state index in [1.54, 1.807) is 0 Å². The van der Waals surface area contributed by atoms with E-state index in [1.807, 2.05) is 13.8 Å². The van der Waals surface area contributed by atoms with Gasteiger partial charge in [0.2, 0.25) is 0 Å². The fourth-order valence-corrected chi connectivity index (χ4v) is 4.66. The van der Waals surface area contributed by atoms with E-state index in [-0.39, 0.29) is 0 Å². The van der Waals surface area contributed by atoms with E-state index < -0.39 is 12.7 Å². The minimum atomic E-state index is -2.91. The molecule has 0 aromatic heterocycles. The smallest absolute Gasteiger partial charge is 0.389 e. The van der Waals surface area contributed by atoms with Crippen LogP contribution in [-0.4, -0.2) is 53.7 Å². The van der Waals surface area contributed by atoms with Crippen LogP contribution in [0.3, 0.4) is 0 Å². The highest BCUT2D eigenvalue weighted by Gasteiger charge is 2.24. The third kappa shape index (κ3) is 14.2. The van der Waals surface area contributed by atoms with Gasteiger partial charge in [-0.05, 0) is 44.9 Å². The third-order valence-electron chi connectivity index (χ3n) is 2.13. The number of rotatable bonds is 10. The molecule has 122 valence electrons. The van der Waals surface area contributed by atoms with Crippen molar-refractivity contribution in [3.63, 3.8) is 0 Å². The molecule has 0 radical (unpaired) electrons. The van der Waals surface area contributed by atoms with Crippen molar-refractivity contribution in [2.75, 3.05) is 38.6 Å². The number of hydrogen-bond acceptors (Lipinski definition) is 7. The van der Waals surface area contributed by atoms with Crippen molar-refractivity contribution in [1.82, 2.24) is 4.90 Å². The summed E-state index contributed by atoms with van der Waals surface area (Å²) < 4.78 is 22.5. The van der Waals surface area contributed by atoms with E-state index in [0.717, 1.165) is 25.4 Å². The topological polar surface area (TPSA) is 79.2 Å². The zero-order chi connectivity index (χ0) is 16.0. The summed E-state index contributed by atoms with van der Waals surface area (Å²) in [7, 11) is 0. The summed E-state index contributed by atoms with van der Waals surface area (Å²) in [5, 5.41) is 14.8. The van der Waals surface area contributed by atoms with Crippen LogP contribution in [0.4, 0.5) is 0 Å². The van der Waals surface area contributed by atoms with Crippen LogP contribution in [0.25, 0.3) is 0 Å². The molecule has 0 atom stereocenters. The van der Waals surface area contributed by atoms with Crippen LogP contribution >= 0.6 is 18.2 Å². The first-order chi connectivity index (χ1) is 9.35. The lowest BCUT2D eigenvalue weighted by Gasteiger charge is -2.20. The Balaban J connectivity index is 0. The van der Waals surface area contributed by atoms with E-state index in [2.05, 4.69) is 25.3 Å². The zero-order valence-electron chi connectivity index (χ0n) is 12.9. The third-order valence-corrected chi connectivity index (χ3v) is 6.08. The molecule has 0 heterocycles. The molecular weight excluding hydrogens is 301 g/mol. The second kappa shape index (κ2) is 13.8. The molecule has 0 saturated carbocycles.